The van der Waals surface area contributed by atoms with Gasteiger partial charge in [0, 0.05) is 17.3 Å². The van der Waals surface area contributed by atoms with E-state index >= 15 is 0 Å². The fourth-order valence-electron chi connectivity index (χ4n) is 4.02. The molecule has 0 unspecified atom stereocenters. The van der Waals surface area contributed by atoms with Crippen LogP contribution in [0.1, 0.15) is 34.1 Å². The van der Waals surface area contributed by atoms with Crippen LogP contribution < -0.4 is 0 Å². The number of hydrogen-bond acceptors (Lipinski definition) is 7. The monoisotopic (exact) mass is 454 g/mol. The highest BCUT2D eigenvalue weighted by Gasteiger charge is 2.53. The maximum Gasteiger partial charge on any atom is 0.343 e. The van der Waals surface area contributed by atoms with Gasteiger partial charge in [-0.05, 0) is 29.6 Å². The zero-order chi connectivity index (χ0) is 22.4. The minimum atomic E-state index is -2.70. The number of hydrogen-bond donors (Lipinski definition) is 0. The second kappa shape index (κ2) is 10.8. The molecule has 1 fully saturated rings. The predicted octanol–water partition coefficient (Wildman–Crippen LogP) is 4.43. The number of esters is 2. The predicted molar refractivity (Wildman–Crippen MR) is 120 cm³/mol. The van der Waals surface area contributed by atoms with Gasteiger partial charge >= 0.3 is 20.5 Å². The van der Waals surface area contributed by atoms with Gasteiger partial charge in [-0.25, -0.2) is 0 Å². The van der Waals surface area contributed by atoms with E-state index in [4.69, 9.17) is 18.3 Å². The Kier molecular flexibility index (Phi) is 8.96. The van der Waals surface area contributed by atoms with E-state index in [0.29, 0.717) is 5.75 Å². The minimum Gasteiger partial charge on any atom is -0.469 e. The highest BCUT2D eigenvalue weighted by atomic mass is 32.2. The van der Waals surface area contributed by atoms with Crippen molar-refractivity contribution >= 4 is 32.3 Å². The molecule has 0 spiro atoms. The Morgan fingerprint density at radius 2 is 1.73 bits per heavy atom. The van der Waals surface area contributed by atoms with Crippen LogP contribution in [0.2, 0.25) is 11.1 Å². The van der Waals surface area contributed by atoms with E-state index in [2.05, 4.69) is 27.7 Å². The molecule has 1 aromatic rings. The average molecular weight is 455 g/mol. The molecule has 0 bridgehead atoms. The van der Waals surface area contributed by atoms with Crippen LogP contribution in [0.5, 0.6) is 0 Å². The molecule has 0 radical (unpaired) electrons. The first-order valence-corrected chi connectivity index (χ1v) is 13.3. The summed E-state index contributed by atoms with van der Waals surface area (Å²) in [6.45, 7) is 8.68. The van der Waals surface area contributed by atoms with E-state index in [1.165, 1.54) is 14.2 Å². The number of thioether (sulfide) groups is 1. The summed E-state index contributed by atoms with van der Waals surface area (Å²) in [5.74, 6) is -0.848. The molecule has 1 aromatic carbocycles. The summed E-state index contributed by atoms with van der Waals surface area (Å²) in [5.41, 5.74) is -0.656. The molecule has 1 saturated heterocycles. The van der Waals surface area contributed by atoms with E-state index in [1.807, 2.05) is 30.3 Å². The molecule has 0 aliphatic carbocycles. The first kappa shape index (κ1) is 24.9. The minimum absolute atomic E-state index is 0.158. The molecule has 8 heteroatoms. The van der Waals surface area contributed by atoms with Crippen LogP contribution in [-0.2, 0) is 27.9 Å². The van der Waals surface area contributed by atoms with Crippen LogP contribution in [-0.4, -0.2) is 53.7 Å². The van der Waals surface area contributed by atoms with Crippen molar-refractivity contribution in [2.45, 2.75) is 50.1 Å². The third kappa shape index (κ3) is 5.46. The molecule has 30 heavy (non-hydrogen) atoms. The highest BCUT2D eigenvalue weighted by molar-refractivity contribution is 7.99. The van der Waals surface area contributed by atoms with Crippen molar-refractivity contribution < 1.29 is 27.9 Å². The standard InChI is InChI=1S/C22H34O6SSi/c1-16(2)30(17(3)4)27-13-18(20(23)25-5)12-22(14-28-30,21(24)26-6)15-29-19-10-8-7-9-11-19/h7-11,16-18H,12-15H2,1-6H3/t18-,22-/m1/s1. The van der Waals surface area contributed by atoms with Gasteiger partial charge in [-0.3, -0.25) is 9.59 Å². The number of methoxy groups -OCH3 is 2. The van der Waals surface area contributed by atoms with E-state index in [-0.39, 0.29) is 42.7 Å². The van der Waals surface area contributed by atoms with Crippen molar-refractivity contribution in [3.05, 3.63) is 30.3 Å². The lowest BCUT2D eigenvalue weighted by Crippen LogP contribution is -2.56. The Bertz CT molecular complexity index is 703. The van der Waals surface area contributed by atoms with Crippen LogP contribution in [0.25, 0.3) is 0 Å². The molecule has 1 aliphatic heterocycles. The summed E-state index contributed by atoms with van der Waals surface area (Å²) < 4.78 is 23.1. The van der Waals surface area contributed by atoms with Gasteiger partial charge in [-0.2, -0.15) is 0 Å². The Morgan fingerprint density at radius 1 is 1.10 bits per heavy atom. The lowest BCUT2D eigenvalue weighted by Gasteiger charge is -2.44. The third-order valence-corrected chi connectivity index (χ3v) is 11.5. The van der Waals surface area contributed by atoms with E-state index in [1.54, 1.807) is 11.8 Å². The van der Waals surface area contributed by atoms with Crippen molar-refractivity contribution in [1.29, 1.82) is 0 Å². The molecule has 1 aliphatic rings. The largest absolute Gasteiger partial charge is 0.469 e. The maximum absolute atomic E-state index is 13.1. The van der Waals surface area contributed by atoms with Gasteiger partial charge in [-0.1, -0.05) is 45.9 Å². The molecule has 2 rings (SSSR count). The summed E-state index contributed by atoms with van der Waals surface area (Å²) in [5, 5.41) is 0. The van der Waals surface area contributed by atoms with E-state index in [0.717, 1.165) is 4.90 Å². The molecule has 2 atom stereocenters. The Labute approximate surface area is 185 Å². The molecule has 0 saturated carbocycles. The van der Waals surface area contributed by atoms with Crippen LogP contribution in [0.4, 0.5) is 0 Å². The highest BCUT2D eigenvalue weighted by Crippen LogP contribution is 2.43. The van der Waals surface area contributed by atoms with Crippen molar-refractivity contribution in [3.8, 4) is 0 Å². The van der Waals surface area contributed by atoms with Crippen LogP contribution >= 0.6 is 11.8 Å². The summed E-state index contributed by atoms with van der Waals surface area (Å²) >= 11 is 1.57. The Hall–Kier alpha value is -1.35. The van der Waals surface area contributed by atoms with Crippen molar-refractivity contribution in [2.75, 3.05) is 33.2 Å². The van der Waals surface area contributed by atoms with Crippen LogP contribution in [0.15, 0.2) is 35.2 Å². The fraction of sp³-hybridized carbons (Fsp3) is 0.636. The molecule has 0 N–H and O–H groups in total. The lowest BCUT2D eigenvalue weighted by molar-refractivity contribution is -0.160. The van der Waals surface area contributed by atoms with Gasteiger partial charge in [0.2, 0.25) is 0 Å². The quantitative estimate of drug-likeness (QED) is 0.343. The number of carbonyl (C=O) groups is 2. The molecule has 0 amide bonds. The molecule has 1 heterocycles. The number of rotatable bonds is 7. The number of ether oxygens (including phenoxy) is 2. The zero-order valence-electron chi connectivity index (χ0n) is 18.8. The molecular weight excluding hydrogens is 420 g/mol. The topological polar surface area (TPSA) is 71.1 Å². The SMILES string of the molecule is COC(=O)[C@H]1CO[Si](C(C)C)(C(C)C)OC[C@](CSc2ccccc2)(C(=O)OC)C1. The molecule has 6 nitrogen and oxygen atoms in total. The van der Waals surface area contributed by atoms with Gasteiger partial charge < -0.3 is 18.3 Å². The normalized spacial score (nSPS) is 24.2. The average Bonchev–Trinajstić information content (AvgIpc) is 2.73. The van der Waals surface area contributed by atoms with Crippen molar-refractivity contribution in [2.24, 2.45) is 11.3 Å². The van der Waals surface area contributed by atoms with Gasteiger partial charge in [0.15, 0.2) is 0 Å². The van der Waals surface area contributed by atoms with Crippen molar-refractivity contribution in [1.82, 2.24) is 0 Å². The van der Waals surface area contributed by atoms with Crippen molar-refractivity contribution in [3.63, 3.8) is 0 Å². The number of carbonyl (C=O) groups excluding carboxylic acids is 2. The first-order valence-electron chi connectivity index (χ1n) is 10.3. The Morgan fingerprint density at radius 3 is 2.27 bits per heavy atom. The fourth-order valence-corrected chi connectivity index (χ4v) is 8.85. The second-order valence-electron chi connectivity index (χ2n) is 8.43. The summed E-state index contributed by atoms with van der Waals surface area (Å²) in [6, 6.07) is 9.88. The molecule has 168 valence electrons. The second-order valence-corrected chi connectivity index (χ2v) is 13.8. The molecule has 0 aromatic heterocycles. The van der Waals surface area contributed by atoms with Gasteiger partial charge in [0.25, 0.3) is 0 Å². The third-order valence-electron chi connectivity index (χ3n) is 5.74. The van der Waals surface area contributed by atoms with Crippen LogP contribution in [0.3, 0.4) is 0 Å². The van der Waals surface area contributed by atoms with E-state index in [9.17, 15) is 9.59 Å². The smallest absolute Gasteiger partial charge is 0.343 e. The van der Waals surface area contributed by atoms with Gasteiger partial charge in [-0.15, -0.1) is 11.8 Å². The summed E-state index contributed by atoms with van der Waals surface area (Å²) in [4.78, 5) is 26.7. The summed E-state index contributed by atoms with van der Waals surface area (Å²) in [6.07, 6.45) is 0.257. The van der Waals surface area contributed by atoms with Crippen LogP contribution in [0, 0.1) is 11.3 Å². The first-order chi connectivity index (χ1) is 14.2. The lowest BCUT2D eigenvalue weighted by atomic mass is 9.81. The van der Waals surface area contributed by atoms with Gasteiger partial charge in [0.05, 0.1) is 26.7 Å². The van der Waals surface area contributed by atoms with E-state index < -0.39 is 19.9 Å². The summed E-state index contributed by atoms with van der Waals surface area (Å²) in [7, 11) is 0.0500. The molecular formula is C22H34O6SSi. The zero-order valence-corrected chi connectivity index (χ0v) is 20.6. The Balaban J connectivity index is 2.44. The maximum atomic E-state index is 13.1. The van der Waals surface area contributed by atoms with Gasteiger partial charge in [0.1, 0.15) is 5.41 Å². The number of benzene rings is 1.